The number of rotatable bonds is 4. The second kappa shape index (κ2) is 6.63. The number of fused-ring (bicyclic) bond motifs is 2. The zero-order valence-electron chi connectivity index (χ0n) is 14.6. The molecule has 4 aromatic rings. The smallest absolute Gasteiger partial charge is 0.244 e. The number of benzene rings is 2. The number of carbonyl (C=O) groups is 1. The molecule has 1 amide bonds. The van der Waals surface area contributed by atoms with E-state index >= 15 is 0 Å². The van der Waals surface area contributed by atoms with Gasteiger partial charge in [0.25, 0.3) is 0 Å². The summed E-state index contributed by atoms with van der Waals surface area (Å²) in [6.45, 7) is 1.31. The fourth-order valence-corrected chi connectivity index (χ4v) is 4.35. The van der Waals surface area contributed by atoms with Crippen molar-refractivity contribution in [3.8, 4) is 11.3 Å². The molecule has 6 heteroatoms. The first-order valence-electron chi connectivity index (χ1n) is 8.90. The lowest BCUT2D eigenvalue weighted by molar-refractivity contribution is -0.116. The number of para-hydroxylation sites is 1. The Morgan fingerprint density at radius 1 is 1.11 bits per heavy atom. The highest BCUT2D eigenvalue weighted by Crippen LogP contribution is 2.29. The van der Waals surface area contributed by atoms with E-state index in [0.717, 1.165) is 45.3 Å². The van der Waals surface area contributed by atoms with Crippen LogP contribution in [0.15, 0.2) is 72.1 Å². The third-order valence-electron chi connectivity index (χ3n) is 4.76. The predicted octanol–water partition coefficient (Wildman–Crippen LogP) is 4.25. The Labute approximate surface area is 161 Å². The highest BCUT2D eigenvalue weighted by molar-refractivity contribution is 7.99. The average molecular weight is 374 g/mol. The number of thioether (sulfide) groups is 1. The largest absolute Gasteiger partial charge is 0.338 e. The maximum Gasteiger partial charge on any atom is 0.244 e. The first-order chi connectivity index (χ1) is 13.3. The van der Waals surface area contributed by atoms with Gasteiger partial charge in [0.05, 0.1) is 5.69 Å². The molecule has 0 spiro atoms. The van der Waals surface area contributed by atoms with Crippen LogP contribution in [0.5, 0.6) is 0 Å². The highest BCUT2D eigenvalue weighted by atomic mass is 32.2. The molecule has 1 aliphatic rings. The molecule has 0 atom stereocenters. The van der Waals surface area contributed by atoms with Gasteiger partial charge in [-0.2, -0.15) is 0 Å². The molecule has 3 heterocycles. The Hall–Kier alpha value is -2.99. The lowest BCUT2D eigenvalue weighted by atomic mass is 10.1. The van der Waals surface area contributed by atoms with Crippen LogP contribution in [-0.2, 0) is 17.9 Å². The quantitative estimate of drug-likeness (QED) is 0.581. The Morgan fingerprint density at radius 3 is 2.81 bits per heavy atom. The van der Waals surface area contributed by atoms with Crippen LogP contribution in [-0.4, -0.2) is 25.8 Å². The van der Waals surface area contributed by atoms with E-state index in [-0.39, 0.29) is 5.91 Å². The molecule has 2 aromatic carbocycles. The Balaban J connectivity index is 1.28. The molecular formula is C21H18N4OS. The molecule has 1 aliphatic heterocycles. The lowest BCUT2D eigenvalue weighted by Crippen LogP contribution is -2.18. The first kappa shape index (κ1) is 16.2. The Bertz CT molecular complexity index is 1110. The van der Waals surface area contributed by atoms with Gasteiger partial charge in [-0.3, -0.25) is 4.79 Å². The molecule has 5 rings (SSSR count). The number of nitrogens with zero attached hydrogens (tertiary/aromatic N) is 3. The van der Waals surface area contributed by atoms with Crippen molar-refractivity contribution >= 4 is 34.3 Å². The number of hydrogen-bond acceptors (Lipinski definition) is 3. The predicted molar refractivity (Wildman–Crippen MR) is 109 cm³/mol. The Kier molecular flexibility index (Phi) is 3.98. The molecule has 0 unspecified atom stereocenters. The molecule has 2 aromatic heterocycles. The summed E-state index contributed by atoms with van der Waals surface area (Å²) in [6, 6.07) is 18.0. The second-order valence-electron chi connectivity index (χ2n) is 6.58. The number of hydrogen-bond donors (Lipinski definition) is 1. The Morgan fingerprint density at radius 2 is 1.96 bits per heavy atom. The van der Waals surface area contributed by atoms with E-state index in [4.69, 9.17) is 0 Å². The minimum Gasteiger partial charge on any atom is -0.338 e. The molecule has 1 N–H and O–H groups in total. The van der Waals surface area contributed by atoms with Gasteiger partial charge in [0.15, 0.2) is 5.16 Å². The number of amides is 1. The van der Waals surface area contributed by atoms with E-state index in [1.165, 1.54) is 0 Å². The van der Waals surface area contributed by atoms with Crippen LogP contribution in [0.3, 0.4) is 0 Å². The van der Waals surface area contributed by atoms with Crippen LogP contribution in [0.25, 0.3) is 22.2 Å². The highest BCUT2D eigenvalue weighted by Gasteiger charge is 2.15. The fraction of sp³-hybridized carbons (Fsp3) is 0.143. The van der Waals surface area contributed by atoms with Crippen LogP contribution in [0.2, 0.25) is 0 Å². The number of anilines is 1. The van der Waals surface area contributed by atoms with Crippen LogP contribution >= 0.6 is 11.8 Å². The second-order valence-corrected chi connectivity index (χ2v) is 7.64. The van der Waals surface area contributed by atoms with E-state index in [1.54, 1.807) is 11.8 Å². The monoisotopic (exact) mass is 374 g/mol. The van der Waals surface area contributed by atoms with Gasteiger partial charge in [0, 0.05) is 41.5 Å². The van der Waals surface area contributed by atoms with Crippen molar-refractivity contribution in [2.45, 2.75) is 18.2 Å². The third-order valence-corrected chi connectivity index (χ3v) is 5.73. The van der Waals surface area contributed by atoms with Gasteiger partial charge in [-0.1, -0.05) is 42.1 Å². The van der Waals surface area contributed by atoms with Crippen molar-refractivity contribution < 1.29 is 4.79 Å². The third kappa shape index (κ3) is 3.13. The van der Waals surface area contributed by atoms with Crippen LogP contribution < -0.4 is 5.32 Å². The number of aryl methyl sites for hydroxylation is 1. The summed E-state index contributed by atoms with van der Waals surface area (Å²) in [5.41, 5.74) is 3.90. The molecule has 0 saturated heterocycles. The van der Waals surface area contributed by atoms with Crippen molar-refractivity contribution in [2.75, 3.05) is 11.1 Å². The van der Waals surface area contributed by atoms with Crippen molar-refractivity contribution in [1.29, 1.82) is 0 Å². The summed E-state index contributed by atoms with van der Waals surface area (Å²) in [4.78, 5) is 17.1. The molecule has 134 valence electrons. The van der Waals surface area contributed by atoms with Crippen molar-refractivity contribution in [2.24, 2.45) is 0 Å². The molecular weight excluding hydrogens is 356 g/mol. The van der Waals surface area contributed by atoms with Gasteiger partial charge in [-0.15, -0.1) is 0 Å². The molecule has 0 radical (unpaired) electrons. The van der Waals surface area contributed by atoms with E-state index < -0.39 is 0 Å². The lowest BCUT2D eigenvalue weighted by Gasteiger charge is -2.08. The van der Waals surface area contributed by atoms with Gasteiger partial charge >= 0.3 is 0 Å². The fourth-order valence-electron chi connectivity index (χ4n) is 3.41. The molecule has 0 aliphatic carbocycles. The minimum absolute atomic E-state index is 0.0403. The van der Waals surface area contributed by atoms with Gasteiger partial charge in [-0.25, -0.2) is 4.98 Å². The zero-order chi connectivity index (χ0) is 18.2. The van der Waals surface area contributed by atoms with Crippen molar-refractivity contribution in [3.63, 3.8) is 0 Å². The van der Waals surface area contributed by atoms with Gasteiger partial charge < -0.3 is 14.5 Å². The normalized spacial score (nSPS) is 13.0. The summed E-state index contributed by atoms with van der Waals surface area (Å²) in [6.07, 6.45) is 4.05. The molecule has 5 nitrogen and oxygen atoms in total. The van der Waals surface area contributed by atoms with Crippen molar-refractivity contribution in [3.05, 3.63) is 67.0 Å². The van der Waals surface area contributed by atoms with Crippen LogP contribution in [0.4, 0.5) is 5.69 Å². The molecule has 0 fully saturated rings. The van der Waals surface area contributed by atoms with E-state index in [0.29, 0.717) is 6.54 Å². The number of nitrogens with one attached hydrogen (secondary N) is 1. The van der Waals surface area contributed by atoms with E-state index in [1.807, 2.05) is 65.4 Å². The van der Waals surface area contributed by atoms with E-state index in [2.05, 4.69) is 21.1 Å². The molecule has 0 saturated carbocycles. The van der Waals surface area contributed by atoms with Crippen LogP contribution in [0.1, 0.15) is 0 Å². The average Bonchev–Trinajstić information content (AvgIpc) is 3.38. The summed E-state index contributed by atoms with van der Waals surface area (Å²) >= 11 is 1.79. The topological polar surface area (TPSA) is 51.9 Å². The van der Waals surface area contributed by atoms with Gasteiger partial charge in [-0.05, 0) is 29.7 Å². The number of imidazole rings is 1. The maximum absolute atomic E-state index is 12.4. The number of carbonyl (C=O) groups excluding carboxylic acids is 1. The summed E-state index contributed by atoms with van der Waals surface area (Å²) in [5.74, 6) is 1.06. The summed E-state index contributed by atoms with van der Waals surface area (Å²) in [7, 11) is 0. The standard InChI is InChI=1S/C21H18N4OS/c26-20(14-24-10-9-16-3-1-2-4-19(16)24)22-17-7-5-15(6-8-17)18-13-25-11-12-27-21(25)23-18/h1-10,13H,11-12,14H2,(H,22,26). The summed E-state index contributed by atoms with van der Waals surface area (Å²) < 4.78 is 4.15. The van der Waals surface area contributed by atoms with Gasteiger partial charge in [0.2, 0.25) is 5.91 Å². The van der Waals surface area contributed by atoms with E-state index in [9.17, 15) is 4.79 Å². The zero-order valence-corrected chi connectivity index (χ0v) is 15.4. The number of aromatic nitrogens is 3. The van der Waals surface area contributed by atoms with Crippen LogP contribution in [0, 0.1) is 0 Å². The van der Waals surface area contributed by atoms with Crippen molar-refractivity contribution in [1.82, 2.24) is 14.1 Å². The SMILES string of the molecule is O=C(Cn1ccc2ccccc21)Nc1ccc(-c2cn3c(n2)SCC3)cc1. The molecule has 27 heavy (non-hydrogen) atoms. The first-order valence-corrected chi connectivity index (χ1v) is 9.89. The minimum atomic E-state index is -0.0403. The molecule has 0 bridgehead atoms. The summed E-state index contributed by atoms with van der Waals surface area (Å²) in [5, 5.41) is 5.20. The van der Waals surface area contributed by atoms with Gasteiger partial charge in [0.1, 0.15) is 6.54 Å². The maximum atomic E-state index is 12.4.